The van der Waals surface area contributed by atoms with Crippen molar-refractivity contribution in [3.63, 3.8) is 0 Å². The smallest absolute Gasteiger partial charge is 0.339 e. The Bertz CT molecular complexity index is 679. The fraction of sp³-hybridized carbons (Fsp3) is 0.316. The third-order valence-electron chi connectivity index (χ3n) is 4.44. The maximum atomic E-state index is 12.7. The zero-order chi connectivity index (χ0) is 16.3. The Morgan fingerprint density at radius 1 is 1.09 bits per heavy atom. The highest BCUT2D eigenvalue weighted by atomic mass is 79.9. The number of rotatable bonds is 3. The van der Waals surface area contributed by atoms with Crippen LogP contribution in [0.4, 0.5) is 0 Å². The number of carbonyl (C=O) groups excluding carboxylic acids is 1. The summed E-state index contributed by atoms with van der Waals surface area (Å²) in [5.41, 5.74) is 1.12. The normalized spacial score (nSPS) is 17.7. The van der Waals surface area contributed by atoms with E-state index in [0.29, 0.717) is 5.56 Å². The Balaban J connectivity index is 1.89. The van der Waals surface area contributed by atoms with Crippen LogP contribution in [0.1, 0.15) is 28.8 Å². The number of halogens is 1. The van der Waals surface area contributed by atoms with Crippen molar-refractivity contribution in [2.45, 2.75) is 18.4 Å². The molecular formula is C19H20BrNO2. The summed E-state index contributed by atoms with van der Waals surface area (Å²) in [5.74, 6) is -0.264. The summed E-state index contributed by atoms with van der Waals surface area (Å²) in [4.78, 5) is 14.9. The second-order valence-electron chi connectivity index (χ2n) is 6.06. The van der Waals surface area contributed by atoms with Gasteiger partial charge in [-0.3, -0.25) is 0 Å². The Morgan fingerprint density at radius 3 is 2.43 bits per heavy atom. The highest BCUT2D eigenvalue weighted by molar-refractivity contribution is 9.10. The molecule has 0 amide bonds. The highest BCUT2D eigenvalue weighted by Crippen LogP contribution is 2.37. The first-order valence-electron chi connectivity index (χ1n) is 7.82. The molecule has 23 heavy (non-hydrogen) atoms. The van der Waals surface area contributed by atoms with E-state index in [1.165, 1.54) is 0 Å². The van der Waals surface area contributed by atoms with Gasteiger partial charge in [0.05, 0.1) is 5.56 Å². The summed E-state index contributed by atoms with van der Waals surface area (Å²) < 4.78 is 6.95. The second-order valence-corrected chi connectivity index (χ2v) is 6.98. The maximum Gasteiger partial charge on any atom is 0.339 e. The van der Waals surface area contributed by atoms with Crippen LogP contribution in [0.5, 0.6) is 0 Å². The van der Waals surface area contributed by atoms with E-state index >= 15 is 0 Å². The molecule has 2 aromatic rings. The van der Waals surface area contributed by atoms with Gasteiger partial charge in [0.2, 0.25) is 0 Å². The Hall–Kier alpha value is -1.65. The fourth-order valence-electron chi connectivity index (χ4n) is 3.02. The molecule has 0 aromatic heterocycles. The number of likely N-dealkylation sites (tertiary alicyclic amines) is 1. The van der Waals surface area contributed by atoms with Crippen LogP contribution in [0.25, 0.3) is 0 Å². The van der Waals surface area contributed by atoms with E-state index < -0.39 is 5.60 Å². The number of hydrogen-bond donors (Lipinski definition) is 0. The lowest BCUT2D eigenvalue weighted by Crippen LogP contribution is -2.43. The van der Waals surface area contributed by atoms with Gasteiger partial charge in [0, 0.05) is 30.4 Å². The Labute approximate surface area is 145 Å². The largest absolute Gasteiger partial charge is 0.450 e. The van der Waals surface area contributed by atoms with E-state index in [1.807, 2.05) is 30.3 Å². The minimum absolute atomic E-state index is 0.264. The van der Waals surface area contributed by atoms with E-state index in [-0.39, 0.29) is 5.97 Å². The summed E-state index contributed by atoms with van der Waals surface area (Å²) in [6.45, 7) is 1.83. The van der Waals surface area contributed by atoms with Gasteiger partial charge < -0.3 is 9.64 Å². The van der Waals surface area contributed by atoms with Crippen LogP contribution in [-0.2, 0) is 10.3 Å². The predicted molar refractivity (Wildman–Crippen MR) is 94.4 cm³/mol. The summed E-state index contributed by atoms with van der Waals surface area (Å²) in [6.07, 6.45) is 1.63. The lowest BCUT2D eigenvalue weighted by Gasteiger charge is -2.40. The molecule has 0 atom stereocenters. The van der Waals surface area contributed by atoms with Crippen LogP contribution >= 0.6 is 15.9 Å². The number of piperidine rings is 1. The van der Waals surface area contributed by atoms with Gasteiger partial charge in [0.1, 0.15) is 5.60 Å². The van der Waals surface area contributed by atoms with Crippen LogP contribution in [-0.4, -0.2) is 31.0 Å². The quantitative estimate of drug-likeness (QED) is 0.754. The molecule has 0 unspecified atom stereocenters. The van der Waals surface area contributed by atoms with E-state index in [4.69, 9.17) is 4.74 Å². The molecular weight excluding hydrogens is 354 g/mol. The van der Waals surface area contributed by atoms with Gasteiger partial charge in [-0.15, -0.1) is 0 Å². The summed E-state index contributed by atoms with van der Waals surface area (Å²) in [5, 5.41) is 0. The molecule has 1 fully saturated rings. The van der Waals surface area contributed by atoms with Crippen molar-refractivity contribution in [3.8, 4) is 0 Å². The number of esters is 1. The number of ether oxygens (including phenoxy) is 1. The molecule has 3 nitrogen and oxygen atoms in total. The molecule has 0 radical (unpaired) electrons. The van der Waals surface area contributed by atoms with Crippen molar-refractivity contribution in [2.24, 2.45) is 0 Å². The van der Waals surface area contributed by atoms with Crippen LogP contribution in [0, 0.1) is 0 Å². The average Bonchev–Trinajstić information content (AvgIpc) is 2.58. The molecule has 0 saturated carbocycles. The van der Waals surface area contributed by atoms with Gasteiger partial charge in [0.25, 0.3) is 0 Å². The Kier molecular flexibility index (Phi) is 4.83. The minimum Gasteiger partial charge on any atom is -0.450 e. The molecule has 120 valence electrons. The minimum atomic E-state index is -0.535. The van der Waals surface area contributed by atoms with Crippen LogP contribution < -0.4 is 0 Å². The number of nitrogens with zero attached hydrogens (tertiary/aromatic N) is 1. The molecule has 0 aliphatic carbocycles. The zero-order valence-electron chi connectivity index (χ0n) is 13.2. The first-order chi connectivity index (χ1) is 11.1. The van der Waals surface area contributed by atoms with Gasteiger partial charge in [0.15, 0.2) is 0 Å². The molecule has 0 spiro atoms. The summed E-state index contributed by atoms with van der Waals surface area (Å²) in [6, 6.07) is 17.5. The highest BCUT2D eigenvalue weighted by Gasteiger charge is 2.39. The zero-order valence-corrected chi connectivity index (χ0v) is 14.8. The summed E-state index contributed by atoms with van der Waals surface area (Å²) >= 11 is 3.41. The Morgan fingerprint density at radius 2 is 1.78 bits per heavy atom. The van der Waals surface area contributed by atoms with E-state index in [9.17, 15) is 4.79 Å². The molecule has 1 saturated heterocycles. The first-order valence-corrected chi connectivity index (χ1v) is 8.61. The third kappa shape index (κ3) is 3.65. The summed E-state index contributed by atoms with van der Waals surface area (Å²) in [7, 11) is 2.10. The van der Waals surface area contributed by atoms with Crippen LogP contribution in [0.15, 0.2) is 59.1 Å². The molecule has 3 rings (SSSR count). The third-order valence-corrected chi connectivity index (χ3v) is 4.94. The van der Waals surface area contributed by atoms with Crippen LogP contribution in [0.2, 0.25) is 0 Å². The predicted octanol–water partition coefficient (Wildman–Crippen LogP) is 4.23. The first kappa shape index (κ1) is 16.2. The van der Waals surface area contributed by atoms with Gasteiger partial charge >= 0.3 is 5.97 Å². The van der Waals surface area contributed by atoms with Crippen molar-refractivity contribution >= 4 is 21.9 Å². The van der Waals surface area contributed by atoms with E-state index in [1.54, 1.807) is 12.1 Å². The molecule has 1 aliphatic heterocycles. The lowest BCUT2D eigenvalue weighted by atomic mass is 9.84. The molecule has 1 heterocycles. The van der Waals surface area contributed by atoms with E-state index in [2.05, 4.69) is 40.0 Å². The van der Waals surface area contributed by atoms with E-state index in [0.717, 1.165) is 36.0 Å². The second kappa shape index (κ2) is 6.85. The average molecular weight is 374 g/mol. The topological polar surface area (TPSA) is 29.5 Å². The molecule has 0 N–H and O–H groups in total. The van der Waals surface area contributed by atoms with Crippen molar-refractivity contribution in [3.05, 3.63) is 70.2 Å². The van der Waals surface area contributed by atoms with Gasteiger partial charge in [-0.2, -0.15) is 0 Å². The molecule has 1 aliphatic rings. The number of carbonyl (C=O) groups is 1. The van der Waals surface area contributed by atoms with Crippen molar-refractivity contribution < 1.29 is 9.53 Å². The fourth-order valence-corrected chi connectivity index (χ4v) is 3.42. The lowest BCUT2D eigenvalue weighted by molar-refractivity contribution is -0.0523. The maximum absolute atomic E-state index is 12.7. The molecule has 0 bridgehead atoms. The van der Waals surface area contributed by atoms with Gasteiger partial charge in [-0.25, -0.2) is 4.79 Å². The van der Waals surface area contributed by atoms with Gasteiger partial charge in [-0.05, 0) is 30.8 Å². The van der Waals surface area contributed by atoms with Crippen LogP contribution in [0.3, 0.4) is 0 Å². The van der Waals surface area contributed by atoms with Gasteiger partial charge in [-0.1, -0.05) is 52.3 Å². The van der Waals surface area contributed by atoms with Crippen molar-refractivity contribution in [1.82, 2.24) is 4.90 Å². The SMILES string of the molecule is CN1CCC(OC(=O)c2cccc(Br)c2)(c2ccccc2)CC1. The van der Waals surface area contributed by atoms with Crippen molar-refractivity contribution in [2.75, 3.05) is 20.1 Å². The standard InChI is InChI=1S/C19H20BrNO2/c1-21-12-10-19(11-13-21,16-7-3-2-4-8-16)23-18(22)15-6-5-9-17(20)14-15/h2-9,14H,10-13H2,1H3. The molecule has 2 aromatic carbocycles. The monoisotopic (exact) mass is 373 g/mol. The van der Waals surface area contributed by atoms with Crippen molar-refractivity contribution in [1.29, 1.82) is 0 Å². The number of benzene rings is 2. The molecule has 4 heteroatoms. The number of hydrogen-bond acceptors (Lipinski definition) is 3.